The van der Waals surface area contributed by atoms with Crippen molar-refractivity contribution in [3.05, 3.63) is 78.1 Å². The van der Waals surface area contributed by atoms with Gasteiger partial charge in [-0.2, -0.15) is 0 Å². The van der Waals surface area contributed by atoms with E-state index in [4.69, 9.17) is 9.15 Å². The Balaban J connectivity index is 1.71. The van der Waals surface area contributed by atoms with Gasteiger partial charge in [0.15, 0.2) is 5.76 Å². The van der Waals surface area contributed by atoms with E-state index in [1.54, 1.807) is 6.07 Å². The molecule has 0 aliphatic heterocycles. The van der Waals surface area contributed by atoms with Crippen molar-refractivity contribution in [3.8, 4) is 17.2 Å². The van der Waals surface area contributed by atoms with Crippen LogP contribution in [0.25, 0.3) is 22.4 Å². The molecule has 0 aliphatic carbocycles. The Morgan fingerprint density at radius 2 is 1.86 bits per heavy atom. The summed E-state index contributed by atoms with van der Waals surface area (Å²) in [6.45, 7) is 4.41. The Morgan fingerprint density at radius 1 is 1.07 bits per heavy atom. The van der Waals surface area contributed by atoms with Crippen LogP contribution in [0.5, 0.6) is 5.75 Å². The van der Waals surface area contributed by atoms with Crippen molar-refractivity contribution in [2.24, 2.45) is 0 Å². The van der Waals surface area contributed by atoms with Crippen molar-refractivity contribution < 1.29 is 13.9 Å². The van der Waals surface area contributed by atoms with Crippen LogP contribution < -0.4 is 10.1 Å². The number of nitrogens with one attached hydrogen (secondary N) is 1. The van der Waals surface area contributed by atoms with Crippen molar-refractivity contribution in [3.63, 3.8) is 0 Å². The fourth-order valence-corrected chi connectivity index (χ4v) is 3.06. The van der Waals surface area contributed by atoms with E-state index >= 15 is 0 Å². The van der Waals surface area contributed by atoms with Crippen molar-refractivity contribution in [2.75, 3.05) is 11.9 Å². The molecule has 0 aliphatic rings. The first kappa shape index (κ1) is 17.8. The summed E-state index contributed by atoms with van der Waals surface area (Å²) in [6.07, 6.45) is 0. The minimum Gasteiger partial charge on any atom is -0.494 e. The van der Waals surface area contributed by atoms with Crippen molar-refractivity contribution >= 4 is 22.5 Å². The Kier molecular flexibility index (Phi) is 4.81. The lowest BCUT2D eigenvalue weighted by atomic mass is 10.1. The SMILES string of the molecule is CCOc1ccc(NC(=O)c2cc(-c3ccc(C)o3)nc3ccccc23)cc1. The number of para-hydroxylation sites is 1. The number of carbonyl (C=O) groups is 1. The molecule has 0 bridgehead atoms. The van der Waals surface area contributed by atoms with Crippen LogP contribution in [-0.4, -0.2) is 17.5 Å². The van der Waals surface area contributed by atoms with Crippen LogP contribution in [0.15, 0.2) is 71.1 Å². The summed E-state index contributed by atoms with van der Waals surface area (Å²) >= 11 is 0. The van der Waals surface area contributed by atoms with Gasteiger partial charge in [0.25, 0.3) is 5.91 Å². The Morgan fingerprint density at radius 3 is 2.57 bits per heavy atom. The predicted molar refractivity (Wildman–Crippen MR) is 110 cm³/mol. The van der Waals surface area contributed by atoms with Gasteiger partial charge in [-0.05, 0) is 62.4 Å². The van der Waals surface area contributed by atoms with E-state index < -0.39 is 0 Å². The van der Waals surface area contributed by atoms with Gasteiger partial charge in [-0.1, -0.05) is 18.2 Å². The second-order valence-corrected chi connectivity index (χ2v) is 6.39. The molecule has 0 saturated heterocycles. The van der Waals surface area contributed by atoms with Crippen LogP contribution >= 0.6 is 0 Å². The smallest absolute Gasteiger partial charge is 0.256 e. The highest BCUT2D eigenvalue weighted by molar-refractivity contribution is 6.13. The summed E-state index contributed by atoms with van der Waals surface area (Å²) in [5, 5.41) is 3.74. The number of anilines is 1. The Hall–Kier alpha value is -3.60. The maximum Gasteiger partial charge on any atom is 0.256 e. The van der Waals surface area contributed by atoms with E-state index in [-0.39, 0.29) is 5.91 Å². The number of aryl methyl sites for hydroxylation is 1. The van der Waals surface area contributed by atoms with Crippen LogP contribution in [0.3, 0.4) is 0 Å². The number of benzene rings is 2. The molecule has 0 fully saturated rings. The van der Waals surface area contributed by atoms with Crippen LogP contribution in [0.4, 0.5) is 5.69 Å². The van der Waals surface area contributed by atoms with Crippen molar-refractivity contribution in [1.29, 1.82) is 0 Å². The van der Waals surface area contributed by atoms with E-state index in [0.717, 1.165) is 22.4 Å². The fourth-order valence-electron chi connectivity index (χ4n) is 3.06. The topological polar surface area (TPSA) is 64.4 Å². The summed E-state index contributed by atoms with van der Waals surface area (Å²) in [7, 11) is 0. The van der Waals surface area contributed by atoms with E-state index in [1.165, 1.54) is 0 Å². The summed E-state index contributed by atoms with van der Waals surface area (Å²) < 4.78 is 11.1. The third-order valence-electron chi connectivity index (χ3n) is 4.38. The van der Waals surface area contributed by atoms with Gasteiger partial charge in [-0.25, -0.2) is 4.98 Å². The van der Waals surface area contributed by atoms with Gasteiger partial charge in [-0.15, -0.1) is 0 Å². The van der Waals surface area contributed by atoms with Gasteiger partial charge in [0.2, 0.25) is 0 Å². The highest BCUT2D eigenvalue weighted by Gasteiger charge is 2.15. The molecule has 1 N–H and O–H groups in total. The summed E-state index contributed by atoms with van der Waals surface area (Å²) in [4.78, 5) is 17.7. The van der Waals surface area contributed by atoms with Gasteiger partial charge >= 0.3 is 0 Å². The van der Waals surface area contributed by atoms with E-state index in [0.29, 0.717) is 29.3 Å². The lowest BCUT2D eigenvalue weighted by Gasteiger charge is -2.10. The molecular formula is C23H20N2O3. The minimum absolute atomic E-state index is 0.202. The van der Waals surface area contributed by atoms with Crippen LogP contribution in [0.2, 0.25) is 0 Å². The molecule has 28 heavy (non-hydrogen) atoms. The van der Waals surface area contributed by atoms with Gasteiger partial charge in [0.1, 0.15) is 17.2 Å². The van der Waals surface area contributed by atoms with Gasteiger partial charge in [0, 0.05) is 11.1 Å². The maximum absolute atomic E-state index is 13.0. The molecule has 2 heterocycles. The van der Waals surface area contributed by atoms with E-state index in [9.17, 15) is 4.79 Å². The van der Waals surface area contributed by atoms with E-state index in [2.05, 4.69) is 10.3 Å². The molecule has 0 atom stereocenters. The number of pyridine rings is 1. The molecule has 0 spiro atoms. The first-order chi connectivity index (χ1) is 13.6. The average molecular weight is 372 g/mol. The van der Waals surface area contributed by atoms with Gasteiger partial charge in [0.05, 0.1) is 17.7 Å². The van der Waals surface area contributed by atoms with Crippen LogP contribution in [-0.2, 0) is 0 Å². The number of aromatic nitrogens is 1. The fraction of sp³-hybridized carbons (Fsp3) is 0.130. The standard InChI is InChI=1S/C23H20N2O3/c1-3-27-17-11-9-16(10-12-17)24-23(26)19-14-21(22-13-8-15(2)28-22)25-20-7-5-4-6-18(19)20/h4-14H,3H2,1-2H3,(H,24,26). The largest absolute Gasteiger partial charge is 0.494 e. The molecule has 5 heteroatoms. The quantitative estimate of drug-likeness (QED) is 0.506. The summed E-state index contributed by atoms with van der Waals surface area (Å²) in [6, 6.07) is 20.4. The zero-order valence-electron chi connectivity index (χ0n) is 15.7. The summed E-state index contributed by atoms with van der Waals surface area (Å²) in [5.41, 5.74) is 2.61. The molecule has 2 aromatic heterocycles. The maximum atomic E-state index is 13.0. The molecule has 0 unspecified atom stereocenters. The molecule has 140 valence electrons. The number of nitrogens with zero attached hydrogens (tertiary/aromatic N) is 1. The lowest BCUT2D eigenvalue weighted by Crippen LogP contribution is -2.13. The number of ether oxygens (including phenoxy) is 1. The third-order valence-corrected chi connectivity index (χ3v) is 4.38. The Labute approximate surface area is 163 Å². The Bertz CT molecular complexity index is 1130. The van der Waals surface area contributed by atoms with E-state index in [1.807, 2.05) is 74.5 Å². The normalized spacial score (nSPS) is 10.8. The second-order valence-electron chi connectivity index (χ2n) is 6.39. The molecular weight excluding hydrogens is 352 g/mol. The number of furan rings is 1. The molecule has 0 saturated carbocycles. The third kappa shape index (κ3) is 3.60. The number of amides is 1. The number of rotatable bonds is 5. The highest BCUT2D eigenvalue weighted by atomic mass is 16.5. The van der Waals surface area contributed by atoms with Crippen LogP contribution in [0.1, 0.15) is 23.0 Å². The molecule has 2 aromatic carbocycles. The number of hydrogen-bond donors (Lipinski definition) is 1. The zero-order valence-corrected chi connectivity index (χ0v) is 15.7. The van der Waals surface area contributed by atoms with Crippen LogP contribution in [0, 0.1) is 6.92 Å². The first-order valence-electron chi connectivity index (χ1n) is 9.15. The minimum atomic E-state index is -0.202. The molecule has 4 aromatic rings. The van der Waals surface area contributed by atoms with Gasteiger partial charge < -0.3 is 14.5 Å². The van der Waals surface area contributed by atoms with Crippen molar-refractivity contribution in [1.82, 2.24) is 4.98 Å². The zero-order chi connectivity index (χ0) is 19.5. The number of hydrogen-bond acceptors (Lipinski definition) is 4. The second kappa shape index (κ2) is 7.56. The lowest BCUT2D eigenvalue weighted by molar-refractivity contribution is 0.102. The molecule has 1 amide bonds. The van der Waals surface area contributed by atoms with Gasteiger partial charge in [-0.3, -0.25) is 4.79 Å². The predicted octanol–water partition coefficient (Wildman–Crippen LogP) is 5.45. The molecule has 4 rings (SSSR count). The van der Waals surface area contributed by atoms with Crippen molar-refractivity contribution in [2.45, 2.75) is 13.8 Å². The number of carbonyl (C=O) groups excluding carboxylic acids is 1. The molecule has 0 radical (unpaired) electrons. The summed E-state index contributed by atoms with van der Waals surface area (Å²) in [5.74, 6) is 2.00. The number of fused-ring (bicyclic) bond motifs is 1. The molecule has 5 nitrogen and oxygen atoms in total. The highest BCUT2D eigenvalue weighted by Crippen LogP contribution is 2.27. The monoisotopic (exact) mass is 372 g/mol. The average Bonchev–Trinajstić information content (AvgIpc) is 3.15. The first-order valence-corrected chi connectivity index (χ1v) is 9.15.